The summed E-state index contributed by atoms with van der Waals surface area (Å²) >= 11 is 0. The first-order chi connectivity index (χ1) is 14.2. The quantitative estimate of drug-likeness (QED) is 0.762. The molecule has 2 N–H and O–H groups in total. The van der Waals surface area contributed by atoms with Crippen molar-refractivity contribution in [1.82, 2.24) is 24.9 Å². The number of nitrogens with zero attached hydrogens (tertiary/aromatic N) is 4. The van der Waals surface area contributed by atoms with Gasteiger partial charge in [-0.15, -0.1) is 0 Å². The molecule has 1 amide bonds. The van der Waals surface area contributed by atoms with Gasteiger partial charge in [0.15, 0.2) is 6.04 Å². The summed E-state index contributed by atoms with van der Waals surface area (Å²) in [4.78, 5) is 14.7. The first-order valence-corrected chi connectivity index (χ1v) is 10.5. The first-order valence-electron chi connectivity index (χ1n) is 10.5. The van der Waals surface area contributed by atoms with Crippen LogP contribution in [0.2, 0.25) is 0 Å². The van der Waals surface area contributed by atoms with Gasteiger partial charge >= 0.3 is 6.18 Å². The highest BCUT2D eigenvalue weighted by Gasteiger charge is 2.46. The molecule has 0 aliphatic carbocycles. The fourth-order valence-electron chi connectivity index (χ4n) is 4.31. The molecule has 1 fully saturated rings. The fourth-order valence-corrected chi connectivity index (χ4v) is 4.31. The van der Waals surface area contributed by atoms with Crippen molar-refractivity contribution in [2.75, 3.05) is 11.9 Å². The molecule has 0 radical (unpaired) electrons. The maximum atomic E-state index is 13.6. The van der Waals surface area contributed by atoms with Crippen LogP contribution in [0.25, 0.3) is 0 Å². The van der Waals surface area contributed by atoms with Gasteiger partial charge in [-0.2, -0.15) is 23.4 Å². The SMILES string of the molecule is CC[C@@H]1C[C@H](C(F)(F)F)n2nc(C3CCCN3C(=O)c3cc(C(C)C)[nH]n3)cc2N1. The number of anilines is 1. The van der Waals surface area contributed by atoms with Crippen LogP contribution in [0, 0.1) is 0 Å². The van der Waals surface area contributed by atoms with Gasteiger partial charge in [-0.25, -0.2) is 4.68 Å². The predicted molar refractivity (Wildman–Crippen MR) is 105 cm³/mol. The minimum Gasteiger partial charge on any atom is -0.367 e. The molecule has 2 aromatic heterocycles. The van der Waals surface area contributed by atoms with Gasteiger partial charge in [-0.1, -0.05) is 20.8 Å². The van der Waals surface area contributed by atoms with Crippen LogP contribution in [-0.2, 0) is 0 Å². The van der Waals surface area contributed by atoms with E-state index in [1.165, 1.54) is 0 Å². The average molecular weight is 424 g/mol. The van der Waals surface area contributed by atoms with E-state index in [0.29, 0.717) is 36.6 Å². The van der Waals surface area contributed by atoms with Crippen molar-refractivity contribution in [3.8, 4) is 0 Å². The molecule has 0 spiro atoms. The van der Waals surface area contributed by atoms with E-state index in [9.17, 15) is 18.0 Å². The summed E-state index contributed by atoms with van der Waals surface area (Å²) in [5.74, 6) is 0.357. The van der Waals surface area contributed by atoms with Gasteiger partial charge in [0.05, 0.1) is 11.7 Å². The fraction of sp³-hybridized carbons (Fsp3) is 0.650. The number of hydrogen-bond acceptors (Lipinski definition) is 4. The van der Waals surface area contributed by atoms with Crippen LogP contribution in [0.15, 0.2) is 12.1 Å². The molecule has 7 nitrogen and oxygen atoms in total. The molecule has 2 aliphatic rings. The van der Waals surface area contributed by atoms with E-state index in [2.05, 4.69) is 20.6 Å². The van der Waals surface area contributed by atoms with Crippen molar-refractivity contribution in [2.45, 2.75) is 76.7 Å². The van der Waals surface area contributed by atoms with Crippen LogP contribution in [0.4, 0.5) is 19.0 Å². The van der Waals surface area contributed by atoms with E-state index >= 15 is 0 Å². The van der Waals surface area contributed by atoms with Gasteiger partial charge in [0.25, 0.3) is 5.91 Å². The maximum Gasteiger partial charge on any atom is 0.410 e. The summed E-state index contributed by atoms with van der Waals surface area (Å²) < 4.78 is 42.0. The Morgan fingerprint density at radius 3 is 2.73 bits per heavy atom. The number of fused-ring (bicyclic) bond motifs is 1. The Bertz CT molecular complexity index is 918. The molecule has 0 bridgehead atoms. The second-order valence-electron chi connectivity index (χ2n) is 8.46. The summed E-state index contributed by atoms with van der Waals surface area (Å²) in [6, 6.07) is 1.14. The van der Waals surface area contributed by atoms with Gasteiger partial charge < -0.3 is 10.2 Å². The van der Waals surface area contributed by atoms with Crippen molar-refractivity contribution in [3.63, 3.8) is 0 Å². The predicted octanol–water partition coefficient (Wildman–Crippen LogP) is 4.40. The van der Waals surface area contributed by atoms with Gasteiger partial charge in [-0.3, -0.25) is 9.89 Å². The molecule has 0 saturated carbocycles. The largest absolute Gasteiger partial charge is 0.410 e. The summed E-state index contributed by atoms with van der Waals surface area (Å²) in [6.45, 7) is 6.40. The number of amides is 1. The van der Waals surface area contributed by atoms with Crippen molar-refractivity contribution < 1.29 is 18.0 Å². The Kier molecular flexibility index (Phi) is 5.27. The van der Waals surface area contributed by atoms with Gasteiger partial charge in [-0.05, 0) is 37.7 Å². The number of rotatable bonds is 4. The Morgan fingerprint density at radius 1 is 1.33 bits per heavy atom. The van der Waals surface area contributed by atoms with Crippen LogP contribution in [0.5, 0.6) is 0 Å². The number of halogens is 3. The number of nitrogens with one attached hydrogen (secondary N) is 2. The smallest absolute Gasteiger partial charge is 0.367 e. The molecular formula is C20H27F3N6O. The van der Waals surface area contributed by atoms with Gasteiger partial charge in [0.2, 0.25) is 0 Å². The van der Waals surface area contributed by atoms with E-state index in [-0.39, 0.29) is 30.3 Å². The third-order valence-electron chi connectivity index (χ3n) is 6.07. The molecule has 1 unspecified atom stereocenters. The average Bonchev–Trinajstić information content (AvgIpc) is 3.43. The molecule has 3 atom stereocenters. The lowest BCUT2D eigenvalue weighted by Gasteiger charge is -2.32. The normalized spacial score (nSPS) is 24.2. The van der Waals surface area contributed by atoms with Crippen LogP contribution in [-0.4, -0.2) is 49.5 Å². The molecule has 2 aliphatic heterocycles. The first kappa shape index (κ1) is 20.7. The third kappa shape index (κ3) is 3.67. The number of likely N-dealkylation sites (tertiary alicyclic amines) is 1. The van der Waals surface area contributed by atoms with E-state index in [4.69, 9.17) is 0 Å². The van der Waals surface area contributed by atoms with Crippen LogP contribution < -0.4 is 5.32 Å². The minimum absolute atomic E-state index is 0.0489. The molecule has 10 heteroatoms. The van der Waals surface area contributed by atoms with E-state index in [1.807, 2.05) is 20.8 Å². The van der Waals surface area contributed by atoms with E-state index in [1.54, 1.807) is 17.0 Å². The van der Waals surface area contributed by atoms with E-state index in [0.717, 1.165) is 16.8 Å². The topological polar surface area (TPSA) is 78.8 Å². The minimum atomic E-state index is -4.37. The van der Waals surface area contributed by atoms with Crippen molar-refractivity contribution >= 4 is 11.7 Å². The Morgan fingerprint density at radius 2 is 2.10 bits per heavy atom. The maximum absolute atomic E-state index is 13.6. The zero-order valence-corrected chi connectivity index (χ0v) is 17.3. The summed E-state index contributed by atoms with van der Waals surface area (Å²) in [7, 11) is 0. The molecule has 4 rings (SSSR count). The van der Waals surface area contributed by atoms with Crippen molar-refractivity contribution in [2.24, 2.45) is 0 Å². The standard InChI is InChI=1S/C20H27F3N6O/c1-4-12-8-17(20(21,22)23)29-18(24-12)10-14(27-29)16-6-5-7-28(16)19(30)15-9-13(11(2)3)25-26-15/h9-12,16-17,24H,4-8H2,1-3H3,(H,25,26)/t12-,16?,17-/m1/s1. The number of carbonyl (C=O) groups excluding carboxylic acids is 1. The molecule has 4 heterocycles. The molecule has 164 valence electrons. The number of aromatic nitrogens is 4. The number of H-pyrrole nitrogens is 1. The highest BCUT2D eigenvalue weighted by molar-refractivity contribution is 5.92. The van der Waals surface area contributed by atoms with Crippen LogP contribution in [0.3, 0.4) is 0 Å². The second kappa shape index (κ2) is 7.63. The Labute approximate surface area is 173 Å². The number of alkyl halides is 3. The summed E-state index contributed by atoms with van der Waals surface area (Å²) in [5.41, 5.74) is 1.69. The lowest BCUT2D eigenvalue weighted by molar-refractivity contribution is -0.173. The molecule has 2 aromatic rings. The number of aromatic amines is 1. The number of hydrogen-bond donors (Lipinski definition) is 2. The third-order valence-corrected chi connectivity index (χ3v) is 6.07. The van der Waals surface area contributed by atoms with Crippen molar-refractivity contribution in [3.05, 3.63) is 29.2 Å². The summed E-state index contributed by atoms with van der Waals surface area (Å²) in [6.07, 6.45) is -2.39. The lowest BCUT2D eigenvalue weighted by Crippen LogP contribution is -2.39. The number of carbonyl (C=O) groups is 1. The van der Waals surface area contributed by atoms with Gasteiger partial charge in [0.1, 0.15) is 11.5 Å². The van der Waals surface area contributed by atoms with Crippen LogP contribution in [0.1, 0.15) is 86.3 Å². The molecular weight excluding hydrogens is 397 g/mol. The Hall–Kier alpha value is -2.52. The second-order valence-corrected chi connectivity index (χ2v) is 8.46. The van der Waals surface area contributed by atoms with E-state index < -0.39 is 12.2 Å². The highest BCUT2D eigenvalue weighted by atomic mass is 19.4. The summed E-state index contributed by atoms with van der Waals surface area (Å²) in [5, 5.41) is 14.5. The van der Waals surface area contributed by atoms with Crippen molar-refractivity contribution in [1.29, 1.82) is 0 Å². The molecule has 1 saturated heterocycles. The Balaban J connectivity index is 1.62. The lowest BCUT2D eigenvalue weighted by atomic mass is 10.0. The zero-order valence-electron chi connectivity index (χ0n) is 17.3. The van der Waals surface area contributed by atoms with Gasteiger partial charge in [0, 0.05) is 24.3 Å². The highest BCUT2D eigenvalue weighted by Crippen LogP contribution is 2.42. The monoisotopic (exact) mass is 424 g/mol. The molecule has 30 heavy (non-hydrogen) atoms. The zero-order chi connectivity index (χ0) is 21.6. The van der Waals surface area contributed by atoms with Crippen LogP contribution >= 0.6 is 0 Å². The molecule has 0 aromatic carbocycles.